The lowest BCUT2D eigenvalue weighted by atomic mass is 9.97. The Morgan fingerprint density at radius 3 is 2.65 bits per heavy atom. The highest BCUT2D eigenvalue weighted by Gasteiger charge is 2.25. The summed E-state index contributed by atoms with van der Waals surface area (Å²) in [5.74, 6) is 0.967. The van der Waals surface area contributed by atoms with Crippen molar-refractivity contribution >= 4 is 5.91 Å². The maximum absolute atomic E-state index is 12.3. The second-order valence-electron chi connectivity index (χ2n) is 6.48. The van der Waals surface area contributed by atoms with Crippen molar-refractivity contribution in [3.05, 3.63) is 35.2 Å². The van der Waals surface area contributed by atoms with Crippen LogP contribution in [0.5, 0.6) is 11.5 Å². The number of carbonyl (C=O) groups is 1. The highest BCUT2D eigenvalue weighted by Crippen LogP contribution is 2.39. The van der Waals surface area contributed by atoms with Crippen molar-refractivity contribution in [2.75, 3.05) is 19.8 Å². The number of rotatable bonds is 7. The number of amides is 1. The number of fused-ring (bicyclic) bond motifs is 1. The van der Waals surface area contributed by atoms with Crippen molar-refractivity contribution in [1.29, 1.82) is 0 Å². The molecule has 140 valence electrons. The van der Waals surface area contributed by atoms with Crippen molar-refractivity contribution < 1.29 is 19.4 Å². The van der Waals surface area contributed by atoms with Crippen LogP contribution < -0.4 is 15.2 Å². The molecule has 26 heavy (non-hydrogen) atoms. The van der Waals surface area contributed by atoms with Gasteiger partial charge in [0.25, 0.3) is 5.91 Å². The van der Waals surface area contributed by atoms with Crippen molar-refractivity contribution in [3.8, 4) is 22.6 Å². The lowest BCUT2D eigenvalue weighted by Gasteiger charge is -2.19. The highest BCUT2D eigenvalue weighted by molar-refractivity contribution is 6.02. The molecule has 0 saturated carbocycles. The van der Waals surface area contributed by atoms with E-state index in [0.29, 0.717) is 43.2 Å². The fourth-order valence-electron chi connectivity index (χ4n) is 3.64. The molecule has 0 fully saturated rings. The van der Waals surface area contributed by atoms with Gasteiger partial charge < -0.3 is 24.9 Å². The first-order chi connectivity index (χ1) is 12.6. The first-order valence-corrected chi connectivity index (χ1v) is 9.11. The smallest absolute Gasteiger partial charge is 0.251 e. The zero-order chi connectivity index (χ0) is 18.7. The maximum Gasteiger partial charge on any atom is 0.251 e. The molecule has 0 aliphatic carbocycles. The number of carbonyl (C=O) groups excluding carboxylic acids is 1. The fraction of sp³-hybridized carbons (Fsp3) is 0.450. The molecule has 0 bridgehead atoms. The van der Waals surface area contributed by atoms with Crippen LogP contribution >= 0.6 is 0 Å². The quantitative estimate of drug-likeness (QED) is 0.797. The molecule has 0 unspecified atom stereocenters. The van der Waals surface area contributed by atoms with E-state index < -0.39 is 5.91 Å². The van der Waals surface area contributed by atoms with Gasteiger partial charge >= 0.3 is 0 Å². The summed E-state index contributed by atoms with van der Waals surface area (Å²) in [6.07, 6.45) is 2.40. The molecule has 0 spiro atoms. The van der Waals surface area contributed by atoms with Crippen LogP contribution in [0, 0.1) is 6.92 Å². The van der Waals surface area contributed by atoms with Gasteiger partial charge in [0, 0.05) is 30.1 Å². The number of benzene rings is 1. The summed E-state index contributed by atoms with van der Waals surface area (Å²) in [6, 6.07) is 5.75. The molecule has 2 aromatic rings. The summed E-state index contributed by atoms with van der Waals surface area (Å²) in [5.41, 5.74) is 9.97. The molecule has 1 aromatic heterocycles. The molecule has 0 atom stereocenters. The lowest BCUT2D eigenvalue weighted by Crippen LogP contribution is -2.15. The summed E-state index contributed by atoms with van der Waals surface area (Å²) in [5, 5.41) is 9.24. The number of ether oxygens (including phenoxy) is 2. The van der Waals surface area contributed by atoms with Crippen LogP contribution in [0.4, 0.5) is 0 Å². The second-order valence-corrected chi connectivity index (χ2v) is 6.48. The standard InChI is InChI=1S/C20H26N2O4/c1-3-5-15-19(14-6-7-16-17(12-14)26-11-10-25-16)18(20(21)24)13(2)22(15)8-4-9-23/h6-7,12,23H,3-5,8-11H2,1-2H3,(H2,21,24). The van der Waals surface area contributed by atoms with Crippen molar-refractivity contribution in [3.63, 3.8) is 0 Å². The summed E-state index contributed by atoms with van der Waals surface area (Å²) in [7, 11) is 0. The van der Waals surface area contributed by atoms with E-state index in [9.17, 15) is 9.90 Å². The molecule has 3 rings (SSSR count). The van der Waals surface area contributed by atoms with Gasteiger partial charge in [-0.2, -0.15) is 0 Å². The summed E-state index contributed by atoms with van der Waals surface area (Å²) in [6.45, 7) is 5.83. The van der Waals surface area contributed by atoms with Crippen LogP contribution in [0.25, 0.3) is 11.1 Å². The van der Waals surface area contributed by atoms with E-state index in [2.05, 4.69) is 11.5 Å². The molecule has 6 nitrogen and oxygen atoms in total. The number of nitrogens with zero attached hydrogens (tertiary/aromatic N) is 1. The van der Waals surface area contributed by atoms with Crippen LogP contribution in [-0.2, 0) is 13.0 Å². The molecule has 0 radical (unpaired) electrons. The van der Waals surface area contributed by atoms with Crippen LogP contribution in [0.1, 0.15) is 41.5 Å². The second kappa shape index (κ2) is 7.83. The van der Waals surface area contributed by atoms with Gasteiger partial charge in [-0.15, -0.1) is 0 Å². The third kappa shape index (κ3) is 3.29. The molecule has 1 aliphatic rings. The number of hydrogen-bond donors (Lipinski definition) is 2. The zero-order valence-electron chi connectivity index (χ0n) is 15.4. The third-order valence-corrected chi connectivity index (χ3v) is 4.73. The minimum absolute atomic E-state index is 0.106. The van der Waals surface area contributed by atoms with Gasteiger partial charge in [0.1, 0.15) is 13.2 Å². The van der Waals surface area contributed by atoms with Gasteiger partial charge in [-0.25, -0.2) is 0 Å². The van der Waals surface area contributed by atoms with Gasteiger partial charge in [-0.05, 0) is 37.5 Å². The summed E-state index contributed by atoms with van der Waals surface area (Å²) >= 11 is 0. The average molecular weight is 358 g/mol. The number of nitrogens with two attached hydrogens (primary N) is 1. The Kier molecular flexibility index (Phi) is 5.52. The highest BCUT2D eigenvalue weighted by atomic mass is 16.6. The Morgan fingerprint density at radius 1 is 1.27 bits per heavy atom. The summed E-state index contributed by atoms with van der Waals surface area (Å²) < 4.78 is 13.4. The van der Waals surface area contributed by atoms with Crippen LogP contribution in [0.2, 0.25) is 0 Å². The molecule has 3 N–H and O–H groups in total. The lowest BCUT2D eigenvalue weighted by molar-refractivity contribution is 0.1000. The molecule has 2 heterocycles. The van der Waals surface area contributed by atoms with Crippen molar-refractivity contribution in [2.45, 2.75) is 39.7 Å². The maximum atomic E-state index is 12.3. The Morgan fingerprint density at radius 2 is 2.00 bits per heavy atom. The van der Waals surface area contributed by atoms with E-state index in [1.54, 1.807) is 0 Å². The number of aliphatic hydroxyl groups excluding tert-OH is 1. The number of hydrogen-bond acceptors (Lipinski definition) is 4. The van der Waals surface area contributed by atoms with E-state index in [4.69, 9.17) is 15.2 Å². The third-order valence-electron chi connectivity index (χ3n) is 4.73. The Balaban J connectivity index is 2.19. The Bertz CT molecular complexity index is 811. The predicted octanol–water partition coefficient (Wildman–Crippen LogP) is 2.67. The molecule has 0 saturated heterocycles. The molecule has 6 heteroatoms. The van der Waals surface area contributed by atoms with E-state index in [0.717, 1.165) is 35.4 Å². The minimum atomic E-state index is -0.438. The normalized spacial score (nSPS) is 13.0. The van der Waals surface area contributed by atoms with E-state index >= 15 is 0 Å². The average Bonchev–Trinajstić information content (AvgIpc) is 2.91. The SMILES string of the molecule is CCCc1c(-c2ccc3c(c2)OCCO3)c(C(N)=O)c(C)n1CCCO. The van der Waals surface area contributed by atoms with Crippen molar-refractivity contribution in [1.82, 2.24) is 4.57 Å². The van der Waals surface area contributed by atoms with E-state index in [-0.39, 0.29) is 6.61 Å². The fourth-order valence-corrected chi connectivity index (χ4v) is 3.64. The Hall–Kier alpha value is -2.47. The molecule has 1 amide bonds. The monoisotopic (exact) mass is 358 g/mol. The number of primary amides is 1. The number of aliphatic hydroxyl groups is 1. The van der Waals surface area contributed by atoms with Gasteiger partial charge in [0.2, 0.25) is 0 Å². The zero-order valence-corrected chi connectivity index (χ0v) is 15.4. The van der Waals surface area contributed by atoms with Crippen molar-refractivity contribution in [2.24, 2.45) is 5.73 Å². The molecule has 1 aliphatic heterocycles. The Labute approximate surface area is 153 Å². The summed E-state index contributed by atoms with van der Waals surface area (Å²) in [4.78, 5) is 12.3. The van der Waals surface area contributed by atoms with Gasteiger partial charge in [0.05, 0.1) is 5.56 Å². The largest absolute Gasteiger partial charge is 0.486 e. The first-order valence-electron chi connectivity index (χ1n) is 9.11. The van der Waals surface area contributed by atoms with Gasteiger partial charge in [-0.3, -0.25) is 4.79 Å². The predicted molar refractivity (Wildman–Crippen MR) is 99.8 cm³/mol. The van der Waals surface area contributed by atoms with E-state index in [1.165, 1.54) is 0 Å². The van der Waals surface area contributed by atoms with Crippen LogP contribution in [-0.4, -0.2) is 35.4 Å². The van der Waals surface area contributed by atoms with Crippen LogP contribution in [0.3, 0.4) is 0 Å². The molecular weight excluding hydrogens is 332 g/mol. The molecular formula is C20H26N2O4. The first kappa shape index (κ1) is 18.3. The molecule has 1 aromatic carbocycles. The van der Waals surface area contributed by atoms with E-state index in [1.807, 2.05) is 25.1 Å². The topological polar surface area (TPSA) is 86.7 Å². The number of aromatic nitrogens is 1. The van der Waals surface area contributed by atoms with Crippen LogP contribution in [0.15, 0.2) is 18.2 Å². The van der Waals surface area contributed by atoms with Gasteiger partial charge in [0.15, 0.2) is 11.5 Å². The minimum Gasteiger partial charge on any atom is -0.486 e. The van der Waals surface area contributed by atoms with Gasteiger partial charge in [-0.1, -0.05) is 19.4 Å².